The lowest BCUT2D eigenvalue weighted by atomic mass is 9.96. The summed E-state index contributed by atoms with van der Waals surface area (Å²) in [5.41, 5.74) is 0. The number of hydrogen-bond donors (Lipinski definition) is 6. The van der Waals surface area contributed by atoms with Gasteiger partial charge in [0.1, 0.15) is 18.3 Å². The summed E-state index contributed by atoms with van der Waals surface area (Å²) in [5.74, 6) is -1.72. The SMILES string of the molecule is CC(C)N[C@@H](CCCCNCC1(O)OCC(O)C(O)C1O)C(=O)C(C)C. The lowest BCUT2D eigenvalue weighted by Gasteiger charge is -2.41. The van der Waals surface area contributed by atoms with Crippen LogP contribution in [0.2, 0.25) is 0 Å². The van der Waals surface area contributed by atoms with Crippen LogP contribution in [-0.2, 0) is 9.53 Å². The van der Waals surface area contributed by atoms with Crippen LogP contribution in [0.15, 0.2) is 0 Å². The van der Waals surface area contributed by atoms with E-state index in [-0.39, 0.29) is 36.9 Å². The minimum absolute atomic E-state index is 0.00895. The van der Waals surface area contributed by atoms with E-state index in [1.54, 1.807) is 0 Å². The number of hydrogen-bond acceptors (Lipinski definition) is 8. The second-order valence-electron chi connectivity index (χ2n) is 7.76. The van der Waals surface area contributed by atoms with Crippen LogP contribution in [0.3, 0.4) is 0 Å². The normalized spacial score (nSPS) is 30.8. The van der Waals surface area contributed by atoms with Crippen molar-refractivity contribution >= 4 is 5.78 Å². The zero-order valence-corrected chi connectivity index (χ0v) is 16.3. The lowest BCUT2D eigenvalue weighted by molar-refractivity contribution is -0.317. The van der Waals surface area contributed by atoms with Crippen molar-refractivity contribution in [1.82, 2.24) is 10.6 Å². The fraction of sp³-hybridized carbons (Fsp3) is 0.944. The van der Waals surface area contributed by atoms with Gasteiger partial charge in [0, 0.05) is 12.0 Å². The largest absolute Gasteiger partial charge is 0.388 e. The molecule has 1 fully saturated rings. The van der Waals surface area contributed by atoms with Gasteiger partial charge in [0.2, 0.25) is 5.79 Å². The third-order valence-corrected chi connectivity index (χ3v) is 4.61. The quantitative estimate of drug-likeness (QED) is 0.257. The molecule has 0 saturated carbocycles. The highest BCUT2D eigenvalue weighted by molar-refractivity contribution is 5.85. The predicted octanol–water partition coefficient (Wildman–Crippen LogP) is -0.860. The summed E-state index contributed by atoms with van der Waals surface area (Å²) in [6.07, 6.45) is -1.87. The maximum absolute atomic E-state index is 12.2. The van der Waals surface area contributed by atoms with Crippen LogP contribution in [0.25, 0.3) is 0 Å². The first-order chi connectivity index (χ1) is 12.1. The molecule has 26 heavy (non-hydrogen) atoms. The average molecular weight is 376 g/mol. The van der Waals surface area contributed by atoms with E-state index in [9.17, 15) is 25.2 Å². The summed E-state index contributed by atoms with van der Waals surface area (Å²) in [5, 5.41) is 45.5. The van der Waals surface area contributed by atoms with Gasteiger partial charge in [0.25, 0.3) is 0 Å². The monoisotopic (exact) mass is 376 g/mol. The Morgan fingerprint density at radius 3 is 2.42 bits per heavy atom. The Kier molecular flexibility index (Phi) is 9.60. The first-order valence-electron chi connectivity index (χ1n) is 9.49. The minimum Gasteiger partial charge on any atom is -0.388 e. The number of carbonyl (C=O) groups is 1. The van der Waals surface area contributed by atoms with Crippen molar-refractivity contribution < 1.29 is 30.0 Å². The van der Waals surface area contributed by atoms with Gasteiger partial charge in [-0.25, -0.2) is 0 Å². The fourth-order valence-corrected chi connectivity index (χ4v) is 3.02. The molecule has 5 atom stereocenters. The van der Waals surface area contributed by atoms with E-state index in [4.69, 9.17) is 4.74 Å². The van der Waals surface area contributed by atoms with E-state index < -0.39 is 24.1 Å². The van der Waals surface area contributed by atoms with Crippen LogP contribution < -0.4 is 10.6 Å². The van der Waals surface area contributed by atoms with Crippen LogP contribution in [0.1, 0.15) is 47.0 Å². The first kappa shape index (κ1) is 23.4. The van der Waals surface area contributed by atoms with Crippen LogP contribution in [-0.4, -0.2) is 82.1 Å². The van der Waals surface area contributed by atoms with Gasteiger partial charge in [-0.3, -0.25) is 4.79 Å². The molecule has 154 valence electrons. The average Bonchev–Trinajstić information content (AvgIpc) is 2.57. The number of ether oxygens (including phenoxy) is 1. The second kappa shape index (κ2) is 10.7. The Hall–Kier alpha value is -0.610. The molecule has 0 aliphatic carbocycles. The Morgan fingerprint density at radius 1 is 1.19 bits per heavy atom. The summed E-state index contributed by atoms with van der Waals surface area (Å²) < 4.78 is 5.09. The number of carbonyl (C=O) groups excluding carboxylic acids is 1. The van der Waals surface area contributed by atoms with Gasteiger partial charge in [0.15, 0.2) is 5.78 Å². The molecule has 0 aromatic carbocycles. The molecule has 1 rings (SSSR count). The molecule has 0 bridgehead atoms. The maximum atomic E-state index is 12.2. The van der Waals surface area contributed by atoms with E-state index in [1.807, 2.05) is 27.7 Å². The standard InChI is InChI=1S/C18H36N2O6/c1-11(2)15(22)13(20-12(3)4)7-5-6-8-19-10-18(25)17(24)16(23)14(21)9-26-18/h11-14,16-17,19-21,23-25H,5-10H2,1-4H3/t13-,14?,16?,17?,18?/m0/s1. The van der Waals surface area contributed by atoms with Crippen molar-refractivity contribution in [2.24, 2.45) is 5.92 Å². The molecule has 8 heteroatoms. The number of Topliss-reactive ketones (excluding diaryl/α,β-unsaturated/α-hetero) is 1. The molecule has 8 nitrogen and oxygen atoms in total. The van der Waals surface area contributed by atoms with E-state index in [0.717, 1.165) is 19.3 Å². The number of aliphatic hydroxyl groups is 4. The summed E-state index contributed by atoms with van der Waals surface area (Å²) in [6, 6.07) is 0.0844. The number of ketones is 1. The van der Waals surface area contributed by atoms with Crippen LogP contribution in [0.5, 0.6) is 0 Å². The molecule has 1 aliphatic heterocycles. The highest BCUT2D eigenvalue weighted by atomic mass is 16.6. The molecule has 1 aliphatic rings. The smallest absolute Gasteiger partial charge is 0.207 e. The number of nitrogens with one attached hydrogen (secondary N) is 2. The van der Waals surface area contributed by atoms with Crippen molar-refractivity contribution in [3.63, 3.8) is 0 Å². The van der Waals surface area contributed by atoms with Crippen LogP contribution in [0, 0.1) is 5.92 Å². The Bertz CT molecular complexity index is 434. The molecule has 1 saturated heterocycles. The predicted molar refractivity (Wildman–Crippen MR) is 97.5 cm³/mol. The van der Waals surface area contributed by atoms with Crippen molar-refractivity contribution in [2.75, 3.05) is 19.7 Å². The summed E-state index contributed by atoms with van der Waals surface area (Å²) >= 11 is 0. The summed E-state index contributed by atoms with van der Waals surface area (Å²) in [6.45, 7) is 8.11. The lowest BCUT2D eigenvalue weighted by Crippen LogP contribution is -2.64. The van der Waals surface area contributed by atoms with Crippen LogP contribution >= 0.6 is 0 Å². The summed E-state index contributed by atoms with van der Waals surface area (Å²) in [7, 11) is 0. The Morgan fingerprint density at radius 2 is 1.85 bits per heavy atom. The molecule has 1 heterocycles. The molecular weight excluding hydrogens is 340 g/mol. The van der Waals surface area contributed by atoms with E-state index in [2.05, 4.69) is 10.6 Å². The third kappa shape index (κ3) is 6.84. The van der Waals surface area contributed by atoms with Crippen molar-refractivity contribution in [3.05, 3.63) is 0 Å². The molecule has 0 aromatic heterocycles. The summed E-state index contributed by atoms with van der Waals surface area (Å²) in [4.78, 5) is 12.2. The van der Waals surface area contributed by atoms with Crippen molar-refractivity contribution in [3.8, 4) is 0 Å². The van der Waals surface area contributed by atoms with E-state index in [1.165, 1.54) is 0 Å². The molecule has 0 aromatic rings. The molecule has 0 radical (unpaired) electrons. The fourth-order valence-electron chi connectivity index (χ4n) is 3.02. The van der Waals surface area contributed by atoms with Gasteiger partial charge in [-0.2, -0.15) is 0 Å². The van der Waals surface area contributed by atoms with Crippen LogP contribution in [0.4, 0.5) is 0 Å². The molecule has 4 unspecified atom stereocenters. The third-order valence-electron chi connectivity index (χ3n) is 4.61. The van der Waals surface area contributed by atoms with Gasteiger partial charge in [0.05, 0.1) is 19.2 Å². The highest BCUT2D eigenvalue weighted by Gasteiger charge is 2.48. The van der Waals surface area contributed by atoms with Gasteiger partial charge in [-0.1, -0.05) is 34.1 Å². The maximum Gasteiger partial charge on any atom is 0.207 e. The zero-order valence-electron chi connectivity index (χ0n) is 16.3. The van der Waals surface area contributed by atoms with E-state index >= 15 is 0 Å². The minimum atomic E-state index is -1.92. The van der Waals surface area contributed by atoms with Gasteiger partial charge in [-0.05, 0) is 19.4 Å². The molecule has 6 N–H and O–H groups in total. The highest BCUT2D eigenvalue weighted by Crippen LogP contribution is 2.23. The zero-order chi connectivity index (χ0) is 19.9. The second-order valence-corrected chi connectivity index (χ2v) is 7.76. The molecule has 0 amide bonds. The number of unbranched alkanes of at least 4 members (excludes halogenated alkanes) is 1. The first-order valence-corrected chi connectivity index (χ1v) is 9.49. The van der Waals surface area contributed by atoms with E-state index in [0.29, 0.717) is 6.54 Å². The topological polar surface area (TPSA) is 131 Å². The Balaban J connectivity index is 2.32. The molecule has 0 spiro atoms. The molecular formula is C18H36N2O6. The van der Waals surface area contributed by atoms with Crippen molar-refractivity contribution in [2.45, 2.75) is 83.1 Å². The van der Waals surface area contributed by atoms with Gasteiger partial charge >= 0.3 is 0 Å². The number of aliphatic hydroxyl groups excluding tert-OH is 3. The Labute approximate surface area is 155 Å². The number of rotatable bonds is 11. The van der Waals surface area contributed by atoms with Gasteiger partial charge in [-0.15, -0.1) is 0 Å². The van der Waals surface area contributed by atoms with Gasteiger partial charge < -0.3 is 35.8 Å². The van der Waals surface area contributed by atoms with Crippen molar-refractivity contribution in [1.29, 1.82) is 0 Å².